The highest BCUT2D eigenvalue weighted by Gasteiger charge is 2.27. The summed E-state index contributed by atoms with van der Waals surface area (Å²) in [5.41, 5.74) is 0.882. The van der Waals surface area contributed by atoms with Gasteiger partial charge in [0.1, 0.15) is 5.82 Å². The zero-order valence-electron chi connectivity index (χ0n) is 16.4. The molecule has 1 aromatic heterocycles. The average molecular weight is 371 g/mol. The van der Waals surface area contributed by atoms with E-state index in [1.165, 1.54) is 12.8 Å². The summed E-state index contributed by atoms with van der Waals surface area (Å²) in [5.74, 6) is 3.08. The van der Waals surface area contributed by atoms with E-state index in [-0.39, 0.29) is 0 Å². The van der Waals surface area contributed by atoms with Gasteiger partial charge in [-0.25, -0.2) is 4.98 Å². The Labute approximate surface area is 160 Å². The maximum Gasteiger partial charge on any atom is 0.228 e. The maximum atomic E-state index is 5.50. The second-order valence-electron chi connectivity index (χ2n) is 7.33. The minimum absolute atomic E-state index is 0.379. The van der Waals surface area contributed by atoms with Crippen LogP contribution in [0.2, 0.25) is 0 Å². The van der Waals surface area contributed by atoms with Crippen molar-refractivity contribution in [2.45, 2.75) is 44.7 Å². The van der Waals surface area contributed by atoms with Gasteiger partial charge in [-0.05, 0) is 38.3 Å². The highest BCUT2D eigenvalue weighted by Crippen LogP contribution is 2.36. The Morgan fingerprint density at radius 2 is 2.00 bits per heavy atom. The lowest BCUT2D eigenvalue weighted by Gasteiger charge is -2.25. The smallest absolute Gasteiger partial charge is 0.228 e. The third-order valence-corrected chi connectivity index (χ3v) is 5.70. The number of rotatable bonds is 6. The fraction of sp³-hybridized carbons (Fsp3) is 0.600. The fourth-order valence-electron chi connectivity index (χ4n) is 4.18. The molecule has 3 heterocycles. The van der Waals surface area contributed by atoms with Crippen LogP contribution in [0.3, 0.4) is 0 Å². The fourth-order valence-corrected chi connectivity index (χ4v) is 4.18. The molecule has 2 atom stereocenters. The SMILES string of the molecule is CCC1CCCN1c1nc(N[C@H]2CCNC2)c2cc(OC)c(OC)cc2n1. The van der Waals surface area contributed by atoms with Gasteiger partial charge in [-0.1, -0.05) is 6.92 Å². The number of anilines is 2. The number of fused-ring (bicyclic) bond motifs is 1. The van der Waals surface area contributed by atoms with E-state index < -0.39 is 0 Å². The first-order chi connectivity index (χ1) is 13.2. The molecule has 2 saturated heterocycles. The van der Waals surface area contributed by atoms with Gasteiger partial charge in [-0.15, -0.1) is 0 Å². The molecule has 0 aliphatic carbocycles. The lowest BCUT2D eigenvalue weighted by molar-refractivity contribution is 0.356. The minimum atomic E-state index is 0.379. The molecule has 27 heavy (non-hydrogen) atoms. The molecule has 0 radical (unpaired) electrons. The van der Waals surface area contributed by atoms with Gasteiger partial charge in [-0.2, -0.15) is 4.98 Å². The minimum Gasteiger partial charge on any atom is -0.493 e. The zero-order chi connectivity index (χ0) is 18.8. The zero-order valence-corrected chi connectivity index (χ0v) is 16.4. The summed E-state index contributed by atoms with van der Waals surface area (Å²) in [5, 5.41) is 8.01. The standard InChI is InChI=1S/C20H29N5O2/c1-4-14-6-5-9-25(14)20-23-16-11-18(27-3)17(26-2)10-15(16)19(24-20)22-13-7-8-21-12-13/h10-11,13-14,21H,4-9,12H2,1-3H3,(H,22,23,24)/t13-,14?/m0/s1. The molecule has 0 bridgehead atoms. The van der Waals surface area contributed by atoms with E-state index in [0.717, 1.165) is 55.1 Å². The van der Waals surface area contributed by atoms with E-state index in [2.05, 4.69) is 22.5 Å². The van der Waals surface area contributed by atoms with Gasteiger partial charge >= 0.3 is 0 Å². The number of ether oxygens (including phenoxy) is 2. The molecule has 2 aromatic rings. The van der Waals surface area contributed by atoms with Crippen LogP contribution in [0.15, 0.2) is 12.1 Å². The van der Waals surface area contributed by atoms with Crippen LogP contribution in [-0.4, -0.2) is 55.9 Å². The van der Waals surface area contributed by atoms with Crippen molar-refractivity contribution in [2.24, 2.45) is 0 Å². The highest BCUT2D eigenvalue weighted by molar-refractivity contribution is 5.93. The number of methoxy groups -OCH3 is 2. The van der Waals surface area contributed by atoms with Crippen LogP contribution in [0.1, 0.15) is 32.6 Å². The number of hydrogen-bond donors (Lipinski definition) is 2. The molecular formula is C20H29N5O2. The Kier molecular flexibility index (Phi) is 5.20. The molecule has 1 unspecified atom stereocenters. The van der Waals surface area contributed by atoms with Crippen LogP contribution in [0, 0.1) is 0 Å². The van der Waals surface area contributed by atoms with Gasteiger partial charge in [0.25, 0.3) is 0 Å². The Morgan fingerprint density at radius 1 is 1.19 bits per heavy atom. The molecule has 0 amide bonds. The first-order valence-electron chi connectivity index (χ1n) is 9.91. The van der Waals surface area contributed by atoms with Gasteiger partial charge in [-0.3, -0.25) is 0 Å². The van der Waals surface area contributed by atoms with Crippen molar-refractivity contribution < 1.29 is 9.47 Å². The Balaban J connectivity index is 1.81. The van der Waals surface area contributed by atoms with Crippen molar-refractivity contribution in [2.75, 3.05) is 44.1 Å². The Bertz CT molecular complexity index is 807. The van der Waals surface area contributed by atoms with Crippen molar-refractivity contribution in [1.82, 2.24) is 15.3 Å². The summed E-state index contributed by atoms with van der Waals surface area (Å²) < 4.78 is 11.0. The van der Waals surface area contributed by atoms with Gasteiger partial charge in [0.15, 0.2) is 11.5 Å². The van der Waals surface area contributed by atoms with Gasteiger partial charge in [0.2, 0.25) is 5.95 Å². The third kappa shape index (κ3) is 3.48. The molecule has 146 valence electrons. The van der Waals surface area contributed by atoms with Crippen molar-refractivity contribution in [3.05, 3.63) is 12.1 Å². The molecule has 2 aliphatic rings. The molecule has 0 spiro atoms. The molecule has 2 fully saturated rings. The summed E-state index contributed by atoms with van der Waals surface area (Å²) in [4.78, 5) is 12.2. The topological polar surface area (TPSA) is 71.5 Å². The molecular weight excluding hydrogens is 342 g/mol. The van der Waals surface area contributed by atoms with Gasteiger partial charge in [0.05, 0.1) is 19.7 Å². The third-order valence-electron chi connectivity index (χ3n) is 5.70. The Morgan fingerprint density at radius 3 is 2.70 bits per heavy atom. The van der Waals surface area contributed by atoms with E-state index in [4.69, 9.17) is 19.4 Å². The molecule has 1 aromatic carbocycles. The predicted molar refractivity (Wildman–Crippen MR) is 108 cm³/mol. The number of aromatic nitrogens is 2. The monoisotopic (exact) mass is 371 g/mol. The molecule has 4 rings (SSSR count). The van der Waals surface area contributed by atoms with E-state index >= 15 is 0 Å². The van der Waals surface area contributed by atoms with Crippen LogP contribution in [0.4, 0.5) is 11.8 Å². The maximum absolute atomic E-state index is 5.50. The normalized spacial score (nSPS) is 22.4. The second-order valence-corrected chi connectivity index (χ2v) is 7.33. The van der Waals surface area contributed by atoms with Gasteiger partial charge in [0, 0.05) is 36.6 Å². The molecule has 7 nitrogen and oxygen atoms in total. The number of nitrogens with zero attached hydrogens (tertiary/aromatic N) is 3. The number of nitrogens with one attached hydrogen (secondary N) is 2. The first kappa shape index (κ1) is 18.1. The van der Waals surface area contributed by atoms with Crippen molar-refractivity contribution in [3.63, 3.8) is 0 Å². The largest absolute Gasteiger partial charge is 0.493 e. The molecule has 2 N–H and O–H groups in total. The van der Waals surface area contributed by atoms with Crippen LogP contribution >= 0.6 is 0 Å². The van der Waals surface area contributed by atoms with Crippen LogP contribution in [0.5, 0.6) is 11.5 Å². The van der Waals surface area contributed by atoms with Crippen LogP contribution in [0.25, 0.3) is 10.9 Å². The summed E-state index contributed by atoms with van der Waals surface area (Å²) in [6, 6.07) is 4.83. The molecule has 7 heteroatoms. The summed E-state index contributed by atoms with van der Waals surface area (Å²) >= 11 is 0. The van der Waals surface area contributed by atoms with E-state index in [1.54, 1.807) is 14.2 Å². The highest BCUT2D eigenvalue weighted by atomic mass is 16.5. The second kappa shape index (κ2) is 7.76. The predicted octanol–water partition coefficient (Wildman–Crippen LogP) is 2.80. The van der Waals surface area contributed by atoms with Crippen LogP contribution in [-0.2, 0) is 0 Å². The lowest BCUT2D eigenvalue weighted by Crippen LogP contribution is -2.31. The average Bonchev–Trinajstić information content (AvgIpc) is 3.38. The van der Waals surface area contributed by atoms with Crippen molar-refractivity contribution in [1.29, 1.82) is 0 Å². The number of hydrogen-bond acceptors (Lipinski definition) is 7. The summed E-state index contributed by atoms with van der Waals surface area (Å²) in [6.45, 7) is 5.24. The van der Waals surface area contributed by atoms with Crippen molar-refractivity contribution in [3.8, 4) is 11.5 Å². The Hall–Kier alpha value is -2.28. The van der Waals surface area contributed by atoms with E-state index in [9.17, 15) is 0 Å². The van der Waals surface area contributed by atoms with Crippen LogP contribution < -0.4 is 25.0 Å². The quantitative estimate of drug-likeness (QED) is 0.809. The summed E-state index contributed by atoms with van der Waals surface area (Å²) in [7, 11) is 3.31. The summed E-state index contributed by atoms with van der Waals surface area (Å²) in [6.07, 6.45) is 4.61. The van der Waals surface area contributed by atoms with E-state index in [0.29, 0.717) is 23.6 Å². The first-order valence-corrected chi connectivity index (χ1v) is 9.91. The van der Waals surface area contributed by atoms with Crippen molar-refractivity contribution >= 4 is 22.7 Å². The molecule has 0 saturated carbocycles. The van der Waals surface area contributed by atoms with E-state index in [1.807, 2.05) is 12.1 Å². The number of benzene rings is 1. The lowest BCUT2D eigenvalue weighted by atomic mass is 10.1. The molecule has 2 aliphatic heterocycles. The van der Waals surface area contributed by atoms with Gasteiger partial charge < -0.3 is 25.0 Å².